The van der Waals surface area contributed by atoms with Gasteiger partial charge in [-0.05, 0) is 35.4 Å². The van der Waals surface area contributed by atoms with Crippen LogP contribution in [0.25, 0.3) is 11.6 Å². The summed E-state index contributed by atoms with van der Waals surface area (Å²) in [7, 11) is 1.56. The van der Waals surface area contributed by atoms with Crippen LogP contribution in [0.15, 0.2) is 72.8 Å². The van der Waals surface area contributed by atoms with Crippen molar-refractivity contribution in [3.8, 4) is 17.6 Å². The highest BCUT2D eigenvalue weighted by molar-refractivity contribution is 5.91. The number of hydrogen-bond donors (Lipinski definition) is 0. The Bertz CT molecular complexity index is 1080. The number of nitrogens with zero attached hydrogens (tertiary/aromatic N) is 2. The molecule has 30 heavy (non-hydrogen) atoms. The molecular weight excluding hydrogens is 380 g/mol. The molecule has 0 unspecified atom stereocenters. The predicted molar refractivity (Wildman–Crippen MR) is 115 cm³/mol. The second kappa shape index (κ2) is 9.89. The molecule has 0 saturated heterocycles. The van der Waals surface area contributed by atoms with Crippen LogP contribution >= 0.6 is 0 Å². The Balaban J connectivity index is 1.88. The highest BCUT2D eigenvalue weighted by Gasteiger charge is 2.12. The number of hydrogen-bond acceptors (Lipinski definition) is 5. The molecule has 6 heteroatoms. The van der Waals surface area contributed by atoms with E-state index in [1.165, 1.54) is 12.1 Å². The first-order valence-electron chi connectivity index (χ1n) is 9.32. The fraction of sp³-hybridized carbons (Fsp3) is 0.125. The van der Waals surface area contributed by atoms with E-state index in [-0.39, 0.29) is 5.69 Å². The average molecular weight is 400 g/mol. The molecule has 0 aromatic heterocycles. The summed E-state index contributed by atoms with van der Waals surface area (Å²) < 4.78 is 11.5. The first-order chi connectivity index (χ1) is 14.6. The van der Waals surface area contributed by atoms with Gasteiger partial charge >= 0.3 is 0 Å². The van der Waals surface area contributed by atoms with Gasteiger partial charge in [0.1, 0.15) is 0 Å². The zero-order valence-corrected chi connectivity index (χ0v) is 16.4. The van der Waals surface area contributed by atoms with Crippen LogP contribution in [0.4, 0.5) is 5.69 Å². The summed E-state index contributed by atoms with van der Waals surface area (Å²) >= 11 is 0. The van der Waals surface area contributed by atoms with Gasteiger partial charge in [0.05, 0.1) is 30.3 Å². The molecule has 0 aliphatic rings. The number of non-ortho nitro benzene ring substituents is 1. The molecule has 3 aromatic rings. The van der Waals surface area contributed by atoms with E-state index in [0.717, 1.165) is 12.0 Å². The Morgan fingerprint density at radius 1 is 1.07 bits per heavy atom. The maximum absolute atomic E-state index is 10.9. The lowest BCUT2D eigenvalue weighted by Gasteiger charge is -2.14. The van der Waals surface area contributed by atoms with Gasteiger partial charge in [0.2, 0.25) is 0 Å². The van der Waals surface area contributed by atoms with Crippen molar-refractivity contribution in [1.82, 2.24) is 0 Å². The summed E-state index contributed by atoms with van der Waals surface area (Å²) in [5, 5.41) is 20.5. The Hall–Kier alpha value is -4.11. The number of nitro benzene ring substituents is 1. The Labute approximate surface area is 174 Å². The topological polar surface area (TPSA) is 85.4 Å². The molecule has 0 aliphatic carbocycles. The minimum absolute atomic E-state index is 0.0256. The largest absolute Gasteiger partial charge is 0.493 e. The van der Waals surface area contributed by atoms with E-state index in [2.05, 4.69) is 6.07 Å². The molecule has 3 rings (SSSR count). The number of nitro groups is 1. The van der Waals surface area contributed by atoms with Gasteiger partial charge in [0, 0.05) is 24.1 Å². The number of methoxy groups -OCH3 is 1. The minimum atomic E-state index is -0.472. The number of rotatable bonds is 8. The van der Waals surface area contributed by atoms with Crippen LogP contribution < -0.4 is 9.47 Å². The van der Waals surface area contributed by atoms with Gasteiger partial charge < -0.3 is 9.47 Å². The first kappa shape index (κ1) is 20.6. The van der Waals surface area contributed by atoms with E-state index in [1.54, 1.807) is 31.4 Å². The third-order valence-electron chi connectivity index (χ3n) is 4.52. The second-order valence-corrected chi connectivity index (χ2v) is 6.44. The lowest BCUT2D eigenvalue weighted by Crippen LogP contribution is -2.04. The molecule has 150 valence electrons. The van der Waals surface area contributed by atoms with E-state index in [9.17, 15) is 15.4 Å². The summed E-state index contributed by atoms with van der Waals surface area (Å²) in [6.07, 6.45) is 2.43. The quantitative estimate of drug-likeness (QED) is 0.222. The number of benzene rings is 3. The lowest BCUT2D eigenvalue weighted by molar-refractivity contribution is -0.384. The maximum atomic E-state index is 10.9. The smallest absolute Gasteiger partial charge is 0.269 e. The minimum Gasteiger partial charge on any atom is -0.493 e. The van der Waals surface area contributed by atoms with Crippen LogP contribution in [0.2, 0.25) is 0 Å². The molecule has 0 amide bonds. The van der Waals surface area contributed by atoms with Crippen molar-refractivity contribution >= 4 is 17.3 Å². The van der Waals surface area contributed by atoms with Crippen molar-refractivity contribution in [3.63, 3.8) is 0 Å². The Morgan fingerprint density at radius 2 is 1.80 bits per heavy atom. The number of nitriles is 1. The van der Waals surface area contributed by atoms with Crippen LogP contribution in [0, 0.1) is 21.4 Å². The van der Waals surface area contributed by atoms with Crippen LogP contribution in [-0.4, -0.2) is 18.6 Å². The fourth-order valence-corrected chi connectivity index (χ4v) is 2.98. The average Bonchev–Trinajstić information content (AvgIpc) is 2.78. The number of para-hydroxylation sites is 1. The fourth-order valence-electron chi connectivity index (χ4n) is 2.98. The SMILES string of the molecule is COc1cccc(C=C(C#N)c2ccc([N+](=O)[O-])cc2)c1OCCc1ccccc1. The Morgan fingerprint density at radius 3 is 2.43 bits per heavy atom. The van der Waals surface area contributed by atoms with Crippen molar-refractivity contribution in [1.29, 1.82) is 5.26 Å². The molecular formula is C24H20N2O4. The molecule has 0 atom stereocenters. The molecule has 0 saturated carbocycles. The van der Waals surface area contributed by atoms with Crippen molar-refractivity contribution in [2.45, 2.75) is 6.42 Å². The highest BCUT2D eigenvalue weighted by atomic mass is 16.6. The molecule has 3 aromatic carbocycles. The third-order valence-corrected chi connectivity index (χ3v) is 4.52. The van der Waals surface area contributed by atoms with Gasteiger partial charge in [-0.1, -0.05) is 42.5 Å². The summed E-state index contributed by atoms with van der Waals surface area (Å²) in [6.45, 7) is 0.449. The van der Waals surface area contributed by atoms with E-state index < -0.39 is 4.92 Å². The van der Waals surface area contributed by atoms with Crippen LogP contribution in [-0.2, 0) is 6.42 Å². The molecule has 0 heterocycles. The first-order valence-corrected chi connectivity index (χ1v) is 9.32. The van der Waals surface area contributed by atoms with Gasteiger partial charge in [-0.25, -0.2) is 0 Å². The van der Waals surface area contributed by atoms with Crippen molar-refractivity contribution in [2.24, 2.45) is 0 Å². The van der Waals surface area contributed by atoms with Crippen LogP contribution in [0.1, 0.15) is 16.7 Å². The van der Waals surface area contributed by atoms with E-state index in [4.69, 9.17) is 9.47 Å². The summed E-state index contributed by atoms with van der Waals surface area (Å²) in [4.78, 5) is 10.4. The molecule has 0 N–H and O–H groups in total. The molecule has 0 bridgehead atoms. The zero-order chi connectivity index (χ0) is 21.3. The normalized spacial score (nSPS) is 10.9. The van der Waals surface area contributed by atoms with Crippen molar-refractivity contribution in [2.75, 3.05) is 13.7 Å². The van der Waals surface area contributed by atoms with Gasteiger partial charge in [-0.3, -0.25) is 10.1 Å². The molecule has 6 nitrogen and oxygen atoms in total. The van der Waals surface area contributed by atoms with Gasteiger partial charge in [-0.15, -0.1) is 0 Å². The summed E-state index contributed by atoms with van der Waals surface area (Å²) in [5.41, 5.74) is 2.78. The molecule has 0 radical (unpaired) electrons. The van der Waals surface area contributed by atoms with E-state index in [1.807, 2.05) is 42.5 Å². The van der Waals surface area contributed by atoms with Gasteiger partial charge in [0.25, 0.3) is 5.69 Å². The van der Waals surface area contributed by atoms with E-state index >= 15 is 0 Å². The number of allylic oxidation sites excluding steroid dienone is 1. The van der Waals surface area contributed by atoms with Crippen molar-refractivity contribution < 1.29 is 14.4 Å². The van der Waals surface area contributed by atoms with Crippen LogP contribution in [0.3, 0.4) is 0 Å². The third kappa shape index (κ3) is 5.03. The molecule has 0 spiro atoms. The van der Waals surface area contributed by atoms with E-state index in [0.29, 0.717) is 34.8 Å². The highest BCUT2D eigenvalue weighted by Crippen LogP contribution is 2.34. The van der Waals surface area contributed by atoms with Gasteiger partial charge in [0.15, 0.2) is 11.5 Å². The monoisotopic (exact) mass is 400 g/mol. The zero-order valence-electron chi connectivity index (χ0n) is 16.4. The summed E-state index contributed by atoms with van der Waals surface area (Å²) in [5.74, 6) is 1.11. The Kier molecular flexibility index (Phi) is 6.80. The molecule has 0 fully saturated rings. The predicted octanol–water partition coefficient (Wildman–Crippen LogP) is 5.29. The lowest BCUT2D eigenvalue weighted by atomic mass is 10.0. The molecule has 0 aliphatic heterocycles. The number of ether oxygens (including phenoxy) is 2. The van der Waals surface area contributed by atoms with Crippen molar-refractivity contribution in [3.05, 3.63) is 99.6 Å². The summed E-state index contributed by atoms with van der Waals surface area (Å²) in [6, 6.07) is 23.5. The maximum Gasteiger partial charge on any atom is 0.269 e. The van der Waals surface area contributed by atoms with Crippen LogP contribution in [0.5, 0.6) is 11.5 Å². The standard InChI is InChI=1S/C24H20N2O4/c1-29-23-9-5-8-20(24(23)30-15-14-18-6-3-2-4-7-18)16-21(17-25)19-10-12-22(13-11-19)26(27)28/h2-13,16H,14-15H2,1H3. The second-order valence-electron chi connectivity index (χ2n) is 6.44. The van der Waals surface area contributed by atoms with Gasteiger partial charge in [-0.2, -0.15) is 5.26 Å².